The van der Waals surface area contributed by atoms with Crippen LogP contribution in [0.3, 0.4) is 0 Å². The monoisotopic (exact) mass is 446 g/mol. The minimum atomic E-state index is -0.367. The zero-order chi connectivity index (χ0) is 23.7. The van der Waals surface area contributed by atoms with Gasteiger partial charge in [0.2, 0.25) is 0 Å². The highest BCUT2D eigenvalue weighted by molar-refractivity contribution is 5.66. The number of rotatable bonds is 11. The fourth-order valence-electron chi connectivity index (χ4n) is 3.29. The Bertz CT molecular complexity index is 874. The van der Waals surface area contributed by atoms with E-state index in [1.807, 2.05) is 24.3 Å². The van der Waals surface area contributed by atoms with Gasteiger partial charge in [-0.3, -0.25) is 9.59 Å². The second-order valence-corrected chi connectivity index (χ2v) is 7.01. The van der Waals surface area contributed by atoms with E-state index >= 15 is 0 Å². The molecule has 0 fully saturated rings. The Morgan fingerprint density at radius 2 is 0.844 bits per heavy atom. The normalized spacial score (nSPS) is 10.3. The van der Waals surface area contributed by atoms with E-state index in [2.05, 4.69) is 0 Å². The number of esters is 2. The summed E-state index contributed by atoms with van der Waals surface area (Å²) in [5.41, 5.74) is 3.30. The second kappa shape index (κ2) is 11.8. The number of ether oxygens (including phenoxy) is 6. The van der Waals surface area contributed by atoms with Crippen molar-refractivity contribution in [3.8, 4) is 23.0 Å². The molecule has 8 nitrogen and oxygen atoms in total. The van der Waals surface area contributed by atoms with Crippen LogP contribution in [0.4, 0.5) is 0 Å². The summed E-state index contributed by atoms with van der Waals surface area (Å²) >= 11 is 0. The fraction of sp³-hybridized carbons (Fsp3) is 0.417. The molecule has 174 valence electrons. The molecule has 0 heterocycles. The van der Waals surface area contributed by atoms with Crippen LogP contribution in [0.15, 0.2) is 24.3 Å². The predicted molar refractivity (Wildman–Crippen MR) is 117 cm³/mol. The average molecular weight is 446 g/mol. The summed E-state index contributed by atoms with van der Waals surface area (Å²) in [6.07, 6.45) is 1.27. The molecule has 0 atom stereocenters. The molecule has 0 aliphatic carbocycles. The van der Waals surface area contributed by atoms with Crippen molar-refractivity contribution in [1.29, 1.82) is 0 Å². The molecule has 0 aliphatic heterocycles. The van der Waals surface area contributed by atoms with Gasteiger partial charge < -0.3 is 28.4 Å². The first-order valence-corrected chi connectivity index (χ1v) is 10.1. The first kappa shape index (κ1) is 24.8. The molecule has 0 N–H and O–H groups in total. The number of hydrogen-bond donors (Lipinski definition) is 0. The molecule has 0 saturated carbocycles. The van der Waals surface area contributed by atoms with E-state index in [0.717, 1.165) is 22.3 Å². The number of methoxy groups -OCH3 is 4. The minimum Gasteiger partial charge on any atom is -0.496 e. The highest BCUT2D eigenvalue weighted by atomic mass is 16.5. The van der Waals surface area contributed by atoms with Crippen LogP contribution in [0.2, 0.25) is 0 Å². The molecule has 2 aromatic rings. The van der Waals surface area contributed by atoms with Crippen molar-refractivity contribution in [2.45, 2.75) is 39.9 Å². The third-order valence-corrected chi connectivity index (χ3v) is 4.89. The van der Waals surface area contributed by atoms with E-state index in [9.17, 15) is 9.59 Å². The Balaban J connectivity index is 2.29. The van der Waals surface area contributed by atoms with Gasteiger partial charge in [-0.25, -0.2) is 0 Å². The standard InChI is InChI=1S/C24H30O8/c1-15(25)31-13-19-11-21(27-3)17(9-23(19)29-5)7-8-18-10-24(30-6)20(12-22(18)28-4)14-32-16(2)26/h9-12H,7-8,13-14H2,1-6H3. The van der Waals surface area contributed by atoms with Crippen LogP contribution in [0.5, 0.6) is 23.0 Å². The largest absolute Gasteiger partial charge is 0.496 e. The second-order valence-electron chi connectivity index (χ2n) is 7.01. The zero-order valence-electron chi connectivity index (χ0n) is 19.4. The summed E-state index contributed by atoms with van der Waals surface area (Å²) < 4.78 is 32.3. The fourth-order valence-corrected chi connectivity index (χ4v) is 3.29. The molecule has 0 aliphatic rings. The van der Waals surface area contributed by atoms with E-state index in [1.165, 1.54) is 13.8 Å². The van der Waals surface area contributed by atoms with Crippen molar-refractivity contribution in [1.82, 2.24) is 0 Å². The van der Waals surface area contributed by atoms with Gasteiger partial charge in [0.1, 0.15) is 36.2 Å². The van der Waals surface area contributed by atoms with Crippen molar-refractivity contribution in [2.75, 3.05) is 28.4 Å². The molecule has 2 rings (SSSR count). The maximum absolute atomic E-state index is 11.2. The Labute approximate surface area is 188 Å². The van der Waals surface area contributed by atoms with Gasteiger partial charge in [0, 0.05) is 25.0 Å². The van der Waals surface area contributed by atoms with Crippen LogP contribution in [0, 0.1) is 0 Å². The molecule has 0 radical (unpaired) electrons. The highest BCUT2D eigenvalue weighted by Gasteiger charge is 2.16. The number of benzene rings is 2. The van der Waals surface area contributed by atoms with Gasteiger partial charge in [0.25, 0.3) is 0 Å². The molecule has 0 amide bonds. The lowest BCUT2D eigenvalue weighted by Gasteiger charge is -2.17. The maximum atomic E-state index is 11.2. The van der Waals surface area contributed by atoms with Crippen molar-refractivity contribution >= 4 is 11.9 Å². The molecular weight excluding hydrogens is 416 g/mol. The van der Waals surface area contributed by atoms with Crippen LogP contribution in [-0.2, 0) is 45.1 Å². The Hall–Kier alpha value is -3.42. The topological polar surface area (TPSA) is 89.5 Å². The summed E-state index contributed by atoms with van der Waals surface area (Å²) in [5.74, 6) is 1.84. The van der Waals surface area contributed by atoms with Crippen LogP contribution < -0.4 is 18.9 Å². The summed E-state index contributed by atoms with van der Waals surface area (Å²) in [4.78, 5) is 22.3. The van der Waals surface area contributed by atoms with Gasteiger partial charge in [0.05, 0.1) is 28.4 Å². The Morgan fingerprint density at radius 3 is 1.12 bits per heavy atom. The quantitative estimate of drug-likeness (QED) is 0.484. The summed E-state index contributed by atoms with van der Waals surface area (Å²) in [6.45, 7) is 2.92. The van der Waals surface area contributed by atoms with E-state index in [-0.39, 0.29) is 25.2 Å². The lowest BCUT2D eigenvalue weighted by Crippen LogP contribution is -2.05. The van der Waals surface area contributed by atoms with Gasteiger partial charge in [-0.2, -0.15) is 0 Å². The first-order valence-electron chi connectivity index (χ1n) is 10.1. The van der Waals surface area contributed by atoms with Gasteiger partial charge in [-0.05, 0) is 48.2 Å². The maximum Gasteiger partial charge on any atom is 0.302 e. The third-order valence-electron chi connectivity index (χ3n) is 4.89. The summed E-state index contributed by atoms with van der Waals surface area (Å²) in [6, 6.07) is 7.40. The van der Waals surface area contributed by atoms with Gasteiger partial charge >= 0.3 is 11.9 Å². The van der Waals surface area contributed by atoms with Crippen molar-refractivity contribution < 1.29 is 38.0 Å². The minimum absolute atomic E-state index is 0.101. The van der Waals surface area contributed by atoms with E-state index in [1.54, 1.807) is 28.4 Å². The first-order chi connectivity index (χ1) is 15.3. The highest BCUT2D eigenvalue weighted by Crippen LogP contribution is 2.33. The van der Waals surface area contributed by atoms with Crippen LogP contribution in [0.1, 0.15) is 36.1 Å². The number of aryl methyl sites for hydroxylation is 2. The van der Waals surface area contributed by atoms with Gasteiger partial charge in [-0.1, -0.05) is 0 Å². The molecule has 32 heavy (non-hydrogen) atoms. The smallest absolute Gasteiger partial charge is 0.302 e. The molecule has 0 aromatic heterocycles. The SMILES string of the molecule is COc1cc(COC(C)=O)c(OC)cc1CCc1cc(OC)c(COC(C)=O)cc1OC. The third kappa shape index (κ3) is 6.54. The molecule has 0 spiro atoms. The lowest BCUT2D eigenvalue weighted by atomic mass is 9.99. The van der Waals surface area contributed by atoms with Gasteiger partial charge in [0.15, 0.2) is 0 Å². The van der Waals surface area contributed by atoms with E-state index < -0.39 is 0 Å². The Morgan fingerprint density at radius 1 is 0.562 bits per heavy atom. The van der Waals surface area contributed by atoms with Crippen molar-refractivity contribution in [3.05, 3.63) is 46.5 Å². The molecule has 8 heteroatoms. The number of carbonyl (C=O) groups excluding carboxylic acids is 2. The molecule has 0 unspecified atom stereocenters. The molecule has 0 bridgehead atoms. The van der Waals surface area contributed by atoms with Crippen LogP contribution in [-0.4, -0.2) is 40.4 Å². The molecule has 2 aromatic carbocycles. The van der Waals surface area contributed by atoms with Crippen LogP contribution >= 0.6 is 0 Å². The summed E-state index contributed by atoms with van der Waals surface area (Å²) in [5, 5.41) is 0. The average Bonchev–Trinajstić information content (AvgIpc) is 2.79. The van der Waals surface area contributed by atoms with E-state index in [4.69, 9.17) is 28.4 Å². The zero-order valence-corrected chi connectivity index (χ0v) is 19.4. The Kier molecular flexibility index (Phi) is 9.19. The predicted octanol–water partition coefficient (Wildman–Crippen LogP) is 3.63. The summed E-state index contributed by atoms with van der Waals surface area (Å²) in [7, 11) is 6.32. The van der Waals surface area contributed by atoms with Crippen LogP contribution in [0.25, 0.3) is 0 Å². The van der Waals surface area contributed by atoms with Crippen molar-refractivity contribution in [2.24, 2.45) is 0 Å². The number of hydrogen-bond acceptors (Lipinski definition) is 8. The lowest BCUT2D eigenvalue weighted by molar-refractivity contribution is -0.143. The number of carbonyl (C=O) groups is 2. The molecular formula is C24H30O8. The van der Waals surface area contributed by atoms with E-state index in [0.29, 0.717) is 35.8 Å². The molecule has 0 saturated heterocycles. The van der Waals surface area contributed by atoms with Gasteiger partial charge in [-0.15, -0.1) is 0 Å². The van der Waals surface area contributed by atoms with Crippen molar-refractivity contribution in [3.63, 3.8) is 0 Å².